The van der Waals surface area contributed by atoms with Crippen molar-refractivity contribution < 1.29 is 23.4 Å². The zero-order valence-electron chi connectivity index (χ0n) is 14.0. The SMILES string of the molecule is O=C(COC(=O)c1cc[n+]([O-])cc1)N[C@@H](c1ccc(F)cc1)c1cccs1. The van der Waals surface area contributed by atoms with Gasteiger partial charge in [0.15, 0.2) is 19.0 Å². The van der Waals surface area contributed by atoms with E-state index in [9.17, 15) is 19.2 Å². The van der Waals surface area contributed by atoms with Gasteiger partial charge in [0, 0.05) is 17.0 Å². The first-order chi connectivity index (χ1) is 13.0. The molecule has 0 aliphatic rings. The van der Waals surface area contributed by atoms with Crippen LogP contribution in [0, 0.1) is 11.0 Å². The average Bonchev–Trinajstić information content (AvgIpc) is 3.20. The van der Waals surface area contributed by atoms with Crippen LogP contribution < -0.4 is 10.0 Å². The highest BCUT2D eigenvalue weighted by Gasteiger charge is 2.19. The third kappa shape index (κ3) is 4.89. The number of rotatable bonds is 6. The van der Waals surface area contributed by atoms with Gasteiger partial charge < -0.3 is 15.3 Å². The largest absolute Gasteiger partial charge is 0.619 e. The summed E-state index contributed by atoms with van der Waals surface area (Å²) in [6.07, 6.45) is 2.33. The molecular weight excluding hydrogens is 371 g/mol. The lowest BCUT2D eigenvalue weighted by molar-refractivity contribution is -0.605. The Morgan fingerprint density at radius 1 is 1.15 bits per heavy atom. The lowest BCUT2D eigenvalue weighted by Crippen LogP contribution is -2.33. The van der Waals surface area contributed by atoms with E-state index in [0.29, 0.717) is 10.3 Å². The lowest BCUT2D eigenvalue weighted by Gasteiger charge is -2.18. The van der Waals surface area contributed by atoms with E-state index >= 15 is 0 Å². The monoisotopic (exact) mass is 386 g/mol. The Labute approximate surface area is 158 Å². The summed E-state index contributed by atoms with van der Waals surface area (Å²) in [4.78, 5) is 25.1. The van der Waals surface area contributed by atoms with E-state index in [1.807, 2.05) is 17.5 Å². The van der Waals surface area contributed by atoms with Crippen molar-refractivity contribution >= 4 is 23.2 Å². The van der Waals surface area contributed by atoms with Gasteiger partial charge in [-0.25, -0.2) is 9.18 Å². The first kappa shape index (κ1) is 18.5. The second-order valence-corrected chi connectivity index (χ2v) is 6.57. The average molecular weight is 386 g/mol. The van der Waals surface area contributed by atoms with Gasteiger partial charge in [0.05, 0.1) is 11.6 Å². The number of hydrogen-bond acceptors (Lipinski definition) is 5. The Kier molecular flexibility index (Phi) is 5.77. The van der Waals surface area contributed by atoms with Crippen molar-refractivity contribution in [3.63, 3.8) is 0 Å². The molecule has 8 heteroatoms. The molecule has 1 N–H and O–H groups in total. The highest BCUT2D eigenvalue weighted by molar-refractivity contribution is 7.10. The summed E-state index contributed by atoms with van der Waals surface area (Å²) < 4.78 is 18.7. The molecule has 0 aliphatic carbocycles. The summed E-state index contributed by atoms with van der Waals surface area (Å²) in [6.45, 7) is -0.478. The molecule has 0 radical (unpaired) electrons. The van der Waals surface area contributed by atoms with Gasteiger partial charge in [-0.05, 0) is 29.1 Å². The summed E-state index contributed by atoms with van der Waals surface area (Å²) in [6, 6.07) is 11.7. The molecule has 0 bridgehead atoms. The van der Waals surface area contributed by atoms with E-state index in [-0.39, 0.29) is 11.4 Å². The Hall–Kier alpha value is -3.26. The number of benzene rings is 1. The van der Waals surface area contributed by atoms with E-state index in [4.69, 9.17) is 4.74 Å². The topological polar surface area (TPSA) is 82.3 Å². The molecule has 0 saturated heterocycles. The molecule has 0 unspecified atom stereocenters. The third-order valence-corrected chi connectivity index (χ3v) is 4.65. The molecule has 1 amide bonds. The van der Waals surface area contributed by atoms with E-state index in [1.165, 1.54) is 35.6 Å². The minimum atomic E-state index is -0.708. The van der Waals surface area contributed by atoms with Crippen LogP contribution in [0.2, 0.25) is 0 Å². The highest BCUT2D eigenvalue weighted by Crippen LogP contribution is 2.26. The molecule has 0 aliphatic heterocycles. The van der Waals surface area contributed by atoms with Crippen molar-refractivity contribution in [3.05, 3.63) is 93.3 Å². The fourth-order valence-electron chi connectivity index (χ4n) is 2.40. The number of halogens is 1. The molecule has 0 spiro atoms. The Balaban J connectivity index is 1.65. The smallest absolute Gasteiger partial charge is 0.339 e. The van der Waals surface area contributed by atoms with Crippen molar-refractivity contribution in [3.8, 4) is 0 Å². The van der Waals surface area contributed by atoms with Crippen LogP contribution in [0.3, 0.4) is 0 Å². The summed E-state index contributed by atoms with van der Waals surface area (Å²) in [5, 5.41) is 15.6. The minimum Gasteiger partial charge on any atom is -0.619 e. The number of pyridine rings is 1. The first-order valence-corrected chi connectivity index (χ1v) is 8.85. The zero-order chi connectivity index (χ0) is 19.2. The number of nitrogens with zero attached hydrogens (tertiary/aromatic N) is 1. The van der Waals surface area contributed by atoms with Gasteiger partial charge in [-0.15, -0.1) is 11.3 Å². The van der Waals surface area contributed by atoms with Crippen molar-refractivity contribution in [2.75, 3.05) is 6.61 Å². The molecule has 0 fully saturated rings. The second kappa shape index (κ2) is 8.41. The Morgan fingerprint density at radius 3 is 2.48 bits per heavy atom. The van der Waals surface area contributed by atoms with Crippen LogP contribution in [-0.4, -0.2) is 18.5 Å². The van der Waals surface area contributed by atoms with Gasteiger partial charge in [-0.3, -0.25) is 4.79 Å². The van der Waals surface area contributed by atoms with Gasteiger partial charge in [-0.1, -0.05) is 18.2 Å². The number of esters is 1. The van der Waals surface area contributed by atoms with Gasteiger partial charge >= 0.3 is 5.97 Å². The van der Waals surface area contributed by atoms with Crippen LogP contribution in [0.5, 0.6) is 0 Å². The third-order valence-electron chi connectivity index (χ3n) is 3.71. The van der Waals surface area contributed by atoms with Crippen molar-refractivity contribution in [2.45, 2.75) is 6.04 Å². The molecule has 2 aromatic heterocycles. The first-order valence-electron chi connectivity index (χ1n) is 7.97. The molecule has 3 aromatic rings. The van der Waals surface area contributed by atoms with Gasteiger partial charge in [0.25, 0.3) is 5.91 Å². The van der Waals surface area contributed by atoms with E-state index in [2.05, 4.69) is 5.32 Å². The minimum absolute atomic E-state index is 0.170. The summed E-state index contributed by atoms with van der Waals surface area (Å²) in [5.74, 6) is -1.58. The predicted molar refractivity (Wildman–Crippen MR) is 96.4 cm³/mol. The van der Waals surface area contributed by atoms with E-state index < -0.39 is 24.5 Å². The van der Waals surface area contributed by atoms with Crippen LogP contribution in [0.4, 0.5) is 4.39 Å². The molecule has 138 valence electrons. The number of aromatic nitrogens is 1. The molecular formula is C19H15FN2O4S. The molecule has 27 heavy (non-hydrogen) atoms. The van der Waals surface area contributed by atoms with E-state index in [0.717, 1.165) is 17.3 Å². The maximum absolute atomic E-state index is 13.2. The standard InChI is InChI=1S/C19H15FN2O4S/c20-15-5-3-13(4-6-15)18(16-2-1-11-27-16)21-17(23)12-26-19(24)14-7-9-22(25)10-8-14/h1-11,18H,12H2,(H,21,23)/t18-/m0/s1. The predicted octanol–water partition coefficient (Wildman–Crippen LogP) is 2.58. The molecule has 1 atom stereocenters. The van der Waals surface area contributed by atoms with Crippen molar-refractivity contribution in [1.29, 1.82) is 0 Å². The van der Waals surface area contributed by atoms with Crippen molar-refractivity contribution in [1.82, 2.24) is 5.32 Å². The fourth-order valence-corrected chi connectivity index (χ4v) is 3.20. The number of carbonyl (C=O) groups excluding carboxylic acids is 2. The quantitative estimate of drug-likeness (QED) is 0.401. The number of amides is 1. The number of nitrogens with one attached hydrogen (secondary N) is 1. The summed E-state index contributed by atoms with van der Waals surface area (Å²) in [7, 11) is 0. The van der Waals surface area contributed by atoms with Gasteiger partial charge in [0.1, 0.15) is 5.82 Å². The molecule has 2 heterocycles. The number of thiophene rings is 1. The second-order valence-electron chi connectivity index (χ2n) is 5.59. The fraction of sp³-hybridized carbons (Fsp3) is 0.105. The maximum atomic E-state index is 13.2. The van der Waals surface area contributed by atoms with Crippen LogP contribution in [-0.2, 0) is 9.53 Å². The summed E-state index contributed by atoms with van der Waals surface area (Å²) in [5.41, 5.74) is 0.879. The maximum Gasteiger partial charge on any atom is 0.339 e. The van der Waals surface area contributed by atoms with Crippen LogP contribution in [0.15, 0.2) is 66.3 Å². The number of hydrogen-bond donors (Lipinski definition) is 1. The number of carbonyl (C=O) groups is 2. The van der Waals surface area contributed by atoms with Gasteiger partial charge in [-0.2, -0.15) is 4.73 Å². The van der Waals surface area contributed by atoms with Gasteiger partial charge in [0.2, 0.25) is 0 Å². The zero-order valence-corrected chi connectivity index (χ0v) is 14.8. The van der Waals surface area contributed by atoms with Crippen LogP contribution in [0.25, 0.3) is 0 Å². The Morgan fingerprint density at radius 2 is 1.85 bits per heavy atom. The number of ether oxygens (including phenoxy) is 1. The normalized spacial score (nSPS) is 11.6. The summed E-state index contributed by atoms with van der Waals surface area (Å²) >= 11 is 1.45. The highest BCUT2D eigenvalue weighted by atomic mass is 32.1. The Bertz CT molecular complexity index is 912. The molecule has 0 saturated carbocycles. The van der Waals surface area contributed by atoms with E-state index in [1.54, 1.807) is 12.1 Å². The van der Waals surface area contributed by atoms with Crippen molar-refractivity contribution in [2.24, 2.45) is 0 Å². The van der Waals surface area contributed by atoms with Crippen LogP contribution in [0.1, 0.15) is 26.8 Å². The molecule has 6 nitrogen and oxygen atoms in total. The van der Waals surface area contributed by atoms with Crippen LogP contribution >= 0.6 is 11.3 Å². The molecule has 3 rings (SSSR count). The lowest BCUT2D eigenvalue weighted by atomic mass is 10.1. The molecule has 1 aromatic carbocycles.